The van der Waals surface area contributed by atoms with Crippen molar-refractivity contribution in [1.29, 1.82) is 0 Å². The standard InChI is InChI=1S/C13H13ClN2/c1-9-4-2-7-12(13(9)15)16-11-6-3-5-10(14)8-11/h2-8,16H,15H2,1H3. The Labute approximate surface area is 100 Å². The minimum atomic E-state index is 0.705. The third kappa shape index (κ3) is 2.28. The lowest BCUT2D eigenvalue weighted by atomic mass is 10.1. The summed E-state index contributed by atoms with van der Waals surface area (Å²) >= 11 is 5.91. The van der Waals surface area contributed by atoms with Gasteiger partial charge in [0.2, 0.25) is 0 Å². The van der Waals surface area contributed by atoms with Gasteiger partial charge in [-0.3, -0.25) is 0 Å². The maximum absolute atomic E-state index is 5.97. The summed E-state index contributed by atoms with van der Waals surface area (Å²) in [7, 11) is 0. The highest BCUT2D eigenvalue weighted by Crippen LogP contribution is 2.26. The van der Waals surface area contributed by atoms with Crippen LogP contribution in [0.5, 0.6) is 0 Å². The van der Waals surface area contributed by atoms with Crippen molar-refractivity contribution in [3.63, 3.8) is 0 Å². The number of para-hydroxylation sites is 1. The molecule has 0 aliphatic carbocycles. The lowest BCUT2D eigenvalue weighted by Crippen LogP contribution is -1.97. The van der Waals surface area contributed by atoms with Crippen LogP contribution in [-0.2, 0) is 0 Å². The van der Waals surface area contributed by atoms with Gasteiger partial charge in [0.25, 0.3) is 0 Å². The van der Waals surface area contributed by atoms with Crippen LogP contribution in [-0.4, -0.2) is 0 Å². The first-order valence-corrected chi connectivity index (χ1v) is 5.42. The predicted molar refractivity (Wildman–Crippen MR) is 70.3 cm³/mol. The average molecular weight is 233 g/mol. The van der Waals surface area contributed by atoms with Gasteiger partial charge >= 0.3 is 0 Å². The number of anilines is 3. The first-order chi connectivity index (χ1) is 7.66. The predicted octanol–water partition coefficient (Wildman–Crippen LogP) is 3.97. The quantitative estimate of drug-likeness (QED) is 0.769. The van der Waals surface area contributed by atoms with Gasteiger partial charge in [-0.1, -0.05) is 29.8 Å². The van der Waals surface area contributed by atoms with E-state index >= 15 is 0 Å². The van der Waals surface area contributed by atoms with Crippen molar-refractivity contribution in [1.82, 2.24) is 0 Å². The molecule has 0 fully saturated rings. The van der Waals surface area contributed by atoms with E-state index in [4.69, 9.17) is 17.3 Å². The van der Waals surface area contributed by atoms with E-state index in [-0.39, 0.29) is 0 Å². The number of nitrogen functional groups attached to an aromatic ring is 1. The van der Waals surface area contributed by atoms with E-state index < -0.39 is 0 Å². The highest BCUT2D eigenvalue weighted by Gasteiger charge is 2.01. The van der Waals surface area contributed by atoms with E-state index in [9.17, 15) is 0 Å². The van der Waals surface area contributed by atoms with Gasteiger partial charge in [-0.2, -0.15) is 0 Å². The molecule has 0 spiro atoms. The second-order valence-electron chi connectivity index (χ2n) is 3.67. The summed E-state index contributed by atoms with van der Waals surface area (Å²) in [6, 6.07) is 13.5. The van der Waals surface area contributed by atoms with Crippen LogP contribution in [0.1, 0.15) is 5.56 Å². The zero-order valence-electron chi connectivity index (χ0n) is 9.00. The number of rotatable bonds is 2. The molecule has 0 bridgehead atoms. The molecule has 0 saturated carbocycles. The zero-order chi connectivity index (χ0) is 11.5. The zero-order valence-corrected chi connectivity index (χ0v) is 9.75. The fourth-order valence-electron chi connectivity index (χ4n) is 1.51. The average Bonchev–Trinajstić information content (AvgIpc) is 2.25. The maximum Gasteiger partial charge on any atom is 0.0620 e. The highest BCUT2D eigenvalue weighted by molar-refractivity contribution is 6.30. The van der Waals surface area contributed by atoms with E-state index in [1.165, 1.54) is 0 Å². The number of nitrogens with one attached hydrogen (secondary N) is 1. The summed E-state index contributed by atoms with van der Waals surface area (Å²) in [6.07, 6.45) is 0. The Kier molecular flexibility index (Phi) is 3.02. The van der Waals surface area contributed by atoms with E-state index in [0.29, 0.717) is 5.02 Å². The minimum absolute atomic E-state index is 0.705. The number of aryl methyl sites for hydroxylation is 1. The van der Waals surface area contributed by atoms with Gasteiger partial charge in [0.15, 0.2) is 0 Å². The van der Waals surface area contributed by atoms with E-state index in [0.717, 1.165) is 22.6 Å². The van der Waals surface area contributed by atoms with E-state index in [1.807, 2.05) is 49.4 Å². The lowest BCUT2D eigenvalue weighted by Gasteiger charge is -2.11. The highest BCUT2D eigenvalue weighted by atomic mass is 35.5. The Balaban J connectivity index is 2.31. The van der Waals surface area contributed by atoms with Crippen LogP contribution in [0.25, 0.3) is 0 Å². The number of hydrogen-bond acceptors (Lipinski definition) is 2. The Hall–Kier alpha value is -1.67. The second-order valence-corrected chi connectivity index (χ2v) is 4.11. The van der Waals surface area contributed by atoms with Crippen molar-refractivity contribution >= 4 is 28.7 Å². The van der Waals surface area contributed by atoms with Crippen LogP contribution >= 0.6 is 11.6 Å². The van der Waals surface area contributed by atoms with Crippen LogP contribution < -0.4 is 11.1 Å². The van der Waals surface area contributed by atoms with Crippen LogP contribution in [0.15, 0.2) is 42.5 Å². The van der Waals surface area contributed by atoms with Crippen molar-refractivity contribution in [2.75, 3.05) is 11.1 Å². The number of halogens is 1. The fraction of sp³-hybridized carbons (Fsp3) is 0.0769. The van der Waals surface area contributed by atoms with Gasteiger partial charge in [-0.15, -0.1) is 0 Å². The molecule has 0 atom stereocenters. The maximum atomic E-state index is 5.97. The smallest absolute Gasteiger partial charge is 0.0620 e. The largest absolute Gasteiger partial charge is 0.397 e. The van der Waals surface area contributed by atoms with Gasteiger partial charge in [-0.25, -0.2) is 0 Å². The second kappa shape index (κ2) is 4.45. The molecule has 16 heavy (non-hydrogen) atoms. The van der Waals surface area contributed by atoms with Gasteiger partial charge in [0.1, 0.15) is 0 Å². The topological polar surface area (TPSA) is 38.0 Å². The molecule has 0 radical (unpaired) electrons. The molecule has 0 aliphatic heterocycles. The lowest BCUT2D eigenvalue weighted by molar-refractivity contribution is 1.45. The van der Waals surface area contributed by atoms with Gasteiger partial charge in [-0.05, 0) is 36.8 Å². The molecule has 0 heterocycles. The number of nitrogens with two attached hydrogens (primary N) is 1. The summed E-state index contributed by atoms with van der Waals surface area (Å²) in [5.41, 5.74) is 9.64. The Morgan fingerprint density at radius 3 is 2.62 bits per heavy atom. The molecule has 2 rings (SSSR count). The van der Waals surface area contributed by atoms with Crippen LogP contribution in [0.4, 0.5) is 17.1 Å². The molecule has 3 N–H and O–H groups in total. The number of hydrogen-bond donors (Lipinski definition) is 2. The molecule has 2 aromatic carbocycles. The summed E-state index contributed by atoms with van der Waals surface area (Å²) in [4.78, 5) is 0. The van der Waals surface area contributed by atoms with Crippen molar-refractivity contribution < 1.29 is 0 Å². The molecule has 0 unspecified atom stereocenters. The van der Waals surface area contributed by atoms with E-state index in [2.05, 4.69) is 5.32 Å². The summed E-state index contributed by atoms with van der Waals surface area (Å²) in [5, 5.41) is 3.95. The normalized spacial score (nSPS) is 10.1. The molecule has 82 valence electrons. The molecule has 0 amide bonds. The van der Waals surface area contributed by atoms with Gasteiger partial charge in [0, 0.05) is 10.7 Å². The van der Waals surface area contributed by atoms with Crippen molar-refractivity contribution in [2.45, 2.75) is 6.92 Å². The molecular formula is C13H13ClN2. The Morgan fingerprint density at radius 2 is 1.88 bits per heavy atom. The Morgan fingerprint density at radius 1 is 1.12 bits per heavy atom. The molecule has 2 nitrogen and oxygen atoms in total. The molecular weight excluding hydrogens is 220 g/mol. The van der Waals surface area contributed by atoms with Crippen molar-refractivity contribution in [3.05, 3.63) is 53.1 Å². The first-order valence-electron chi connectivity index (χ1n) is 5.04. The van der Waals surface area contributed by atoms with Crippen LogP contribution in [0.3, 0.4) is 0 Å². The minimum Gasteiger partial charge on any atom is -0.397 e. The molecule has 0 aliphatic rings. The van der Waals surface area contributed by atoms with E-state index in [1.54, 1.807) is 0 Å². The summed E-state index contributed by atoms with van der Waals surface area (Å²) in [6.45, 7) is 1.98. The van der Waals surface area contributed by atoms with Crippen molar-refractivity contribution in [2.24, 2.45) is 0 Å². The molecule has 2 aromatic rings. The third-order valence-corrected chi connectivity index (χ3v) is 2.66. The molecule has 0 aromatic heterocycles. The van der Waals surface area contributed by atoms with Gasteiger partial charge < -0.3 is 11.1 Å². The Bertz CT molecular complexity index is 509. The van der Waals surface area contributed by atoms with Crippen molar-refractivity contribution in [3.8, 4) is 0 Å². The van der Waals surface area contributed by atoms with Crippen LogP contribution in [0.2, 0.25) is 5.02 Å². The summed E-state index contributed by atoms with van der Waals surface area (Å²) in [5.74, 6) is 0. The SMILES string of the molecule is Cc1cccc(Nc2cccc(Cl)c2)c1N. The molecule has 3 heteroatoms. The summed E-state index contributed by atoms with van der Waals surface area (Å²) < 4.78 is 0. The monoisotopic (exact) mass is 232 g/mol. The third-order valence-electron chi connectivity index (χ3n) is 2.43. The first kappa shape index (κ1) is 10.8. The molecule has 0 saturated heterocycles. The van der Waals surface area contributed by atoms with Crippen LogP contribution in [0, 0.1) is 6.92 Å². The van der Waals surface area contributed by atoms with Gasteiger partial charge in [0.05, 0.1) is 11.4 Å². The fourth-order valence-corrected chi connectivity index (χ4v) is 1.70. The number of benzene rings is 2.